The van der Waals surface area contributed by atoms with E-state index < -0.39 is 0 Å². The maximum Gasteiger partial charge on any atom is 0.0599 e. The Bertz CT molecular complexity index is 384. The lowest BCUT2D eigenvalue weighted by Crippen LogP contribution is -2.32. The Kier molecular flexibility index (Phi) is 4.77. The van der Waals surface area contributed by atoms with Crippen LogP contribution < -0.4 is 11.1 Å². The van der Waals surface area contributed by atoms with Crippen molar-refractivity contribution in [1.82, 2.24) is 0 Å². The summed E-state index contributed by atoms with van der Waals surface area (Å²) in [7, 11) is 0. The van der Waals surface area contributed by atoms with Crippen LogP contribution in [0.5, 0.6) is 0 Å². The normalized spacial score (nSPS) is 13.5. The molecule has 0 spiro atoms. The van der Waals surface area contributed by atoms with Crippen LogP contribution in [0, 0.1) is 13.8 Å². The SMILES string of the molecule is Cc1cc(C(C)(C)C)cc(C)c1NCC(N)CO. The summed E-state index contributed by atoms with van der Waals surface area (Å²) in [4.78, 5) is 0. The second kappa shape index (κ2) is 5.72. The third-order valence-corrected chi connectivity index (χ3v) is 3.17. The van der Waals surface area contributed by atoms with E-state index in [0.717, 1.165) is 5.69 Å². The van der Waals surface area contributed by atoms with E-state index in [9.17, 15) is 0 Å². The molecule has 0 bridgehead atoms. The molecule has 0 amide bonds. The fourth-order valence-electron chi connectivity index (χ4n) is 1.97. The van der Waals surface area contributed by atoms with Gasteiger partial charge >= 0.3 is 0 Å². The van der Waals surface area contributed by atoms with Gasteiger partial charge in [-0.1, -0.05) is 32.9 Å². The highest BCUT2D eigenvalue weighted by Crippen LogP contribution is 2.29. The van der Waals surface area contributed by atoms with E-state index in [1.807, 2.05) is 0 Å². The number of aliphatic hydroxyl groups excluding tert-OH is 1. The number of benzene rings is 1. The molecule has 1 rings (SSSR count). The fourth-order valence-corrected chi connectivity index (χ4v) is 1.97. The van der Waals surface area contributed by atoms with Gasteiger partial charge in [-0.25, -0.2) is 0 Å². The lowest BCUT2D eigenvalue weighted by molar-refractivity contribution is 0.270. The van der Waals surface area contributed by atoms with Gasteiger partial charge in [-0.05, 0) is 36.0 Å². The first-order valence-corrected chi connectivity index (χ1v) is 6.47. The van der Waals surface area contributed by atoms with Crippen molar-refractivity contribution in [2.24, 2.45) is 5.73 Å². The lowest BCUT2D eigenvalue weighted by Gasteiger charge is -2.23. The Hall–Kier alpha value is -1.06. The molecule has 0 saturated heterocycles. The van der Waals surface area contributed by atoms with E-state index in [4.69, 9.17) is 10.8 Å². The van der Waals surface area contributed by atoms with Crippen molar-refractivity contribution in [2.45, 2.75) is 46.1 Å². The zero-order chi connectivity index (χ0) is 13.9. The lowest BCUT2D eigenvalue weighted by atomic mass is 9.85. The Labute approximate surface area is 110 Å². The van der Waals surface area contributed by atoms with Crippen LogP contribution in [-0.4, -0.2) is 24.3 Å². The molecule has 1 atom stereocenters. The van der Waals surface area contributed by atoms with Crippen LogP contribution in [0.3, 0.4) is 0 Å². The van der Waals surface area contributed by atoms with Crippen molar-refractivity contribution in [2.75, 3.05) is 18.5 Å². The Morgan fingerprint density at radius 3 is 2.11 bits per heavy atom. The van der Waals surface area contributed by atoms with Gasteiger partial charge in [-0.15, -0.1) is 0 Å². The highest BCUT2D eigenvalue weighted by atomic mass is 16.3. The second-order valence-corrected chi connectivity index (χ2v) is 6.06. The average Bonchev–Trinajstić information content (AvgIpc) is 2.26. The molecule has 0 radical (unpaired) electrons. The monoisotopic (exact) mass is 250 g/mol. The first-order valence-electron chi connectivity index (χ1n) is 6.47. The number of hydrogen-bond acceptors (Lipinski definition) is 3. The molecule has 1 unspecified atom stereocenters. The predicted octanol–water partition coefficient (Wildman–Crippen LogP) is 2.33. The van der Waals surface area contributed by atoms with E-state index in [0.29, 0.717) is 6.54 Å². The summed E-state index contributed by atoms with van der Waals surface area (Å²) in [6.45, 7) is 11.5. The molecule has 0 fully saturated rings. The molecule has 1 aromatic carbocycles. The summed E-state index contributed by atoms with van der Waals surface area (Å²) in [5.41, 5.74) is 10.8. The standard InChI is InChI=1S/C15H26N2O/c1-10-6-12(15(3,4)5)7-11(2)14(10)17-8-13(16)9-18/h6-7,13,17-18H,8-9,16H2,1-5H3. The predicted molar refractivity (Wildman–Crippen MR) is 78.2 cm³/mol. The number of nitrogens with two attached hydrogens (primary N) is 1. The molecule has 3 heteroatoms. The minimum atomic E-state index is -0.217. The van der Waals surface area contributed by atoms with Gasteiger partial charge in [-0.2, -0.15) is 0 Å². The van der Waals surface area contributed by atoms with E-state index in [-0.39, 0.29) is 18.1 Å². The van der Waals surface area contributed by atoms with Gasteiger partial charge < -0.3 is 16.2 Å². The van der Waals surface area contributed by atoms with Crippen molar-refractivity contribution in [3.63, 3.8) is 0 Å². The van der Waals surface area contributed by atoms with Crippen molar-refractivity contribution in [3.05, 3.63) is 28.8 Å². The molecule has 0 saturated carbocycles. The zero-order valence-electron chi connectivity index (χ0n) is 12.2. The van der Waals surface area contributed by atoms with E-state index in [1.54, 1.807) is 0 Å². The van der Waals surface area contributed by atoms with Crippen LogP contribution in [0.25, 0.3) is 0 Å². The van der Waals surface area contributed by atoms with Gasteiger partial charge in [0, 0.05) is 18.3 Å². The van der Waals surface area contributed by atoms with Gasteiger partial charge in [0.05, 0.1) is 6.61 Å². The van der Waals surface area contributed by atoms with Crippen molar-refractivity contribution < 1.29 is 5.11 Å². The molecule has 0 aromatic heterocycles. The summed E-state index contributed by atoms with van der Waals surface area (Å²) < 4.78 is 0. The van der Waals surface area contributed by atoms with Crippen molar-refractivity contribution in [3.8, 4) is 0 Å². The van der Waals surface area contributed by atoms with E-state index in [1.165, 1.54) is 16.7 Å². The summed E-state index contributed by atoms with van der Waals surface area (Å²) >= 11 is 0. The molecular formula is C15H26N2O. The minimum Gasteiger partial charge on any atom is -0.395 e. The van der Waals surface area contributed by atoms with Crippen LogP contribution in [-0.2, 0) is 5.41 Å². The quantitative estimate of drug-likeness (QED) is 0.768. The number of nitrogens with one attached hydrogen (secondary N) is 1. The van der Waals surface area contributed by atoms with Crippen LogP contribution in [0.2, 0.25) is 0 Å². The summed E-state index contributed by atoms with van der Waals surface area (Å²) in [5, 5.41) is 12.3. The number of rotatable bonds is 4. The molecule has 0 heterocycles. The largest absolute Gasteiger partial charge is 0.395 e. The molecule has 0 aliphatic rings. The van der Waals surface area contributed by atoms with Crippen molar-refractivity contribution >= 4 is 5.69 Å². The molecule has 0 aliphatic heterocycles. The summed E-state index contributed by atoms with van der Waals surface area (Å²) in [6.07, 6.45) is 0. The van der Waals surface area contributed by atoms with Crippen LogP contribution in [0.15, 0.2) is 12.1 Å². The molecule has 1 aromatic rings. The number of aliphatic hydroxyl groups is 1. The van der Waals surface area contributed by atoms with E-state index in [2.05, 4.69) is 52.1 Å². The average molecular weight is 250 g/mol. The fraction of sp³-hybridized carbons (Fsp3) is 0.600. The van der Waals surface area contributed by atoms with Gasteiger partial charge in [0.2, 0.25) is 0 Å². The van der Waals surface area contributed by atoms with Gasteiger partial charge in [0.1, 0.15) is 0 Å². The maximum absolute atomic E-state index is 8.94. The van der Waals surface area contributed by atoms with Crippen LogP contribution in [0.4, 0.5) is 5.69 Å². The second-order valence-electron chi connectivity index (χ2n) is 6.06. The molecule has 0 aliphatic carbocycles. The highest BCUT2D eigenvalue weighted by Gasteiger charge is 2.16. The Balaban J connectivity index is 2.95. The van der Waals surface area contributed by atoms with Gasteiger partial charge in [-0.3, -0.25) is 0 Å². The minimum absolute atomic E-state index is 0.00513. The Morgan fingerprint density at radius 2 is 1.72 bits per heavy atom. The Morgan fingerprint density at radius 1 is 1.22 bits per heavy atom. The number of hydrogen-bond donors (Lipinski definition) is 3. The van der Waals surface area contributed by atoms with Gasteiger partial charge in [0.25, 0.3) is 0 Å². The zero-order valence-corrected chi connectivity index (χ0v) is 12.2. The molecule has 18 heavy (non-hydrogen) atoms. The molecule has 102 valence electrons. The number of anilines is 1. The maximum atomic E-state index is 8.94. The molecule has 3 nitrogen and oxygen atoms in total. The highest BCUT2D eigenvalue weighted by molar-refractivity contribution is 5.59. The smallest absolute Gasteiger partial charge is 0.0599 e. The summed E-state index contributed by atoms with van der Waals surface area (Å²) in [6, 6.07) is 4.23. The van der Waals surface area contributed by atoms with Crippen LogP contribution in [0.1, 0.15) is 37.5 Å². The third-order valence-electron chi connectivity index (χ3n) is 3.17. The third kappa shape index (κ3) is 3.72. The molecule has 4 N–H and O–H groups in total. The van der Waals surface area contributed by atoms with Gasteiger partial charge in [0.15, 0.2) is 0 Å². The van der Waals surface area contributed by atoms with E-state index >= 15 is 0 Å². The first kappa shape index (κ1) is 15.0. The van der Waals surface area contributed by atoms with Crippen molar-refractivity contribution in [1.29, 1.82) is 0 Å². The van der Waals surface area contributed by atoms with Crippen LogP contribution >= 0.6 is 0 Å². The first-order chi connectivity index (χ1) is 8.25. The topological polar surface area (TPSA) is 58.3 Å². The molecular weight excluding hydrogens is 224 g/mol. The summed E-state index contributed by atoms with van der Waals surface area (Å²) in [5.74, 6) is 0. The number of aryl methyl sites for hydroxylation is 2.